The molecule has 2 fully saturated rings. The van der Waals surface area contributed by atoms with Crippen LogP contribution in [-0.2, 0) is 56.2 Å². The number of aromatic nitrogens is 4. The molecule has 4 aromatic rings. The van der Waals surface area contributed by atoms with Crippen molar-refractivity contribution in [2.45, 2.75) is 121 Å². The number of carbonyl (C=O) groups is 3. The lowest BCUT2D eigenvalue weighted by Gasteiger charge is -2.26. The van der Waals surface area contributed by atoms with Crippen molar-refractivity contribution in [1.82, 2.24) is 29.3 Å². The summed E-state index contributed by atoms with van der Waals surface area (Å²) in [4.78, 5) is 67.2. The molecular weight excluding hydrogens is 1050 g/mol. The van der Waals surface area contributed by atoms with Gasteiger partial charge in [0.05, 0.1) is 25.4 Å². The Balaban J connectivity index is 0.000000278. The Morgan fingerprint density at radius 2 is 1.07 bits per heavy atom. The maximum absolute atomic E-state index is 15.4. The molecule has 0 amide bonds. The molecule has 2 aromatic carbocycles. The van der Waals surface area contributed by atoms with Gasteiger partial charge in [-0.3, -0.25) is 32.6 Å². The highest BCUT2D eigenvalue weighted by molar-refractivity contribution is 7.52. The molecule has 7 N–H and O–H groups in total. The van der Waals surface area contributed by atoms with E-state index in [2.05, 4.69) is 20.1 Å². The number of hydrogen-bond donors (Lipinski definition) is 5. The summed E-state index contributed by atoms with van der Waals surface area (Å²) in [5.74, 6) is -10.7. The van der Waals surface area contributed by atoms with Crippen LogP contribution in [0.2, 0.25) is 0 Å². The summed E-state index contributed by atoms with van der Waals surface area (Å²) in [6.45, 7) is 8.35. The molecule has 2 unspecified atom stereocenters. The molecule has 10 atom stereocenters. The molecule has 2 aliphatic rings. The van der Waals surface area contributed by atoms with Crippen LogP contribution in [0.4, 0.5) is 29.2 Å². The fourth-order valence-electron chi connectivity index (χ4n) is 6.75. The van der Waals surface area contributed by atoms with Gasteiger partial charge in [0.25, 0.3) is 0 Å². The van der Waals surface area contributed by atoms with Crippen LogP contribution in [0.1, 0.15) is 60.9 Å². The lowest BCUT2D eigenvalue weighted by molar-refractivity contribution is -0.174. The zero-order chi connectivity index (χ0) is 55.6. The highest BCUT2D eigenvalue weighted by Gasteiger charge is 2.63. The van der Waals surface area contributed by atoms with Crippen molar-refractivity contribution in [3.8, 4) is 11.5 Å². The zero-order valence-electron chi connectivity index (χ0n) is 41.1. The van der Waals surface area contributed by atoms with E-state index in [0.717, 1.165) is 31.5 Å². The van der Waals surface area contributed by atoms with E-state index in [1.54, 1.807) is 64.1 Å². The van der Waals surface area contributed by atoms with Gasteiger partial charge < -0.3 is 49.3 Å². The second kappa shape index (κ2) is 25.0. The molecule has 2 aliphatic heterocycles. The predicted molar refractivity (Wildman–Crippen MR) is 254 cm³/mol. The van der Waals surface area contributed by atoms with Crippen LogP contribution < -0.4 is 42.1 Å². The van der Waals surface area contributed by atoms with Gasteiger partial charge in [-0.1, -0.05) is 36.4 Å². The van der Waals surface area contributed by atoms with Crippen LogP contribution in [0, 0.1) is 0 Å². The number of nitrogen functional groups attached to an aromatic ring is 2. The SMILES string of the molecule is CC(=O)O[C@@H]1[C@@H](COP(=O)(N[C@@H](C)C(=O)OC(C)C)Oc2ccccc2)O[C@@H](n2ccc(N)nc2=O)C1(F)F.CC(C)OC(=O)[C@H](C)NP(=O)(OC[C@H]1O[C@@H](n2ccc(N)nc2=O)C(F)(F)[C@@H]1O)Oc1ccccc1. The Hall–Kier alpha value is -6.29. The summed E-state index contributed by atoms with van der Waals surface area (Å²) in [6.07, 6.45) is -11.7. The van der Waals surface area contributed by atoms with Gasteiger partial charge in [-0.05, 0) is 77.9 Å². The Labute approximate surface area is 425 Å². The molecule has 0 aliphatic carbocycles. The fraction of sp³-hybridized carbons (Fsp3) is 0.477. The van der Waals surface area contributed by atoms with Crippen LogP contribution in [0.15, 0.2) is 94.8 Å². The molecule has 25 nitrogen and oxygen atoms in total. The molecule has 2 aromatic heterocycles. The van der Waals surface area contributed by atoms with Gasteiger partial charge >= 0.3 is 56.6 Å². The minimum atomic E-state index is -4.47. The maximum Gasteiger partial charge on any atom is 0.459 e. The molecule has 0 saturated carbocycles. The number of aliphatic hydroxyl groups is 1. The minimum absolute atomic E-state index is 0.0735. The first-order valence-corrected chi connectivity index (χ1v) is 25.7. The van der Waals surface area contributed by atoms with Crippen molar-refractivity contribution in [2.24, 2.45) is 0 Å². The molecular formula is C44H56F4N8O17P2. The maximum atomic E-state index is 15.4. The van der Waals surface area contributed by atoms with Gasteiger partial charge in [-0.15, -0.1) is 0 Å². The number of alkyl halides is 4. The summed E-state index contributed by atoms with van der Waals surface area (Å²) in [5.41, 5.74) is 8.56. The Bertz CT molecular complexity index is 2820. The van der Waals surface area contributed by atoms with Crippen LogP contribution in [-0.4, -0.2) is 116 Å². The number of aliphatic hydroxyl groups excluding tert-OH is 1. The van der Waals surface area contributed by atoms with E-state index >= 15 is 8.78 Å². The van der Waals surface area contributed by atoms with Crippen molar-refractivity contribution in [2.75, 3.05) is 24.7 Å². The molecule has 0 bridgehead atoms. The first-order valence-electron chi connectivity index (χ1n) is 22.6. The lowest BCUT2D eigenvalue weighted by Crippen LogP contribution is -2.44. The molecule has 4 heterocycles. The van der Waals surface area contributed by atoms with Crippen molar-refractivity contribution >= 4 is 45.0 Å². The summed E-state index contributed by atoms with van der Waals surface area (Å²) in [6, 6.07) is 15.3. The van der Waals surface area contributed by atoms with Gasteiger partial charge in [0, 0.05) is 19.3 Å². The van der Waals surface area contributed by atoms with E-state index in [0.29, 0.717) is 9.13 Å². The summed E-state index contributed by atoms with van der Waals surface area (Å²) < 4.78 is 136. The number of anilines is 2. The second-order valence-corrected chi connectivity index (χ2v) is 20.4. The Kier molecular flexibility index (Phi) is 19.9. The third-order valence-corrected chi connectivity index (χ3v) is 13.4. The molecule has 412 valence electrons. The highest BCUT2D eigenvalue weighted by atomic mass is 31.2. The number of benzene rings is 2. The number of rotatable bonds is 21. The quantitative estimate of drug-likeness (QED) is 0.0336. The van der Waals surface area contributed by atoms with Crippen LogP contribution in [0.25, 0.3) is 0 Å². The largest absolute Gasteiger partial charge is 0.462 e. The first kappa shape index (κ1) is 59.6. The van der Waals surface area contributed by atoms with E-state index in [4.69, 9.17) is 53.2 Å². The van der Waals surface area contributed by atoms with Gasteiger partial charge in [0.1, 0.15) is 47.4 Å². The molecule has 31 heteroatoms. The van der Waals surface area contributed by atoms with Crippen LogP contribution in [0.5, 0.6) is 11.5 Å². The number of nitrogens with two attached hydrogens (primary N) is 2. The molecule has 75 heavy (non-hydrogen) atoms. The van der Waals surface area contributed by atoms with Crippen molar-refractivity contribution < 1.29 is 88.0 Å². The number of nitrogens with zero attached hydrogens (tertiary/aromatic N) is 4. The topological polar surface area (TPSA) is 335 Å². The first-order chi connectivity index (χ1) is 35.0. The minimum Gasteiger partial charge on any atom is -0.462 e. The van der Waals surface area contributed by atoms with Gasteiger partial charge in [0.15, 0.2) is 12.2 Å². The van der Waals surface area contributed by atoms with Crippen molar-refractivity contribution in [3.05, 3.63) is 106 Å². The third-order valence-electron chi connectivity index (χ3n) is 10.1. The number of esters is 3. The van der Waals surface area contributed by atoms with E-state index in [1.165, 1.54) is 38.1 Å². The molecule has 0 spiro atoms. The Morgan fingerprint density at radius 3 is 1.45 bits per heavy atom. The summed E-state index contributed by atoms with van der Waals surface area (Å²) in [7, 11) is -8.88. The van der Waals surface area contributed by atoms with Gasteiger partial charge in [-0.25, -0.2) is 18.7 Å². The third kappa shape index (κ3) is 15.9. The normalized spacial score (nSPS) is 23.1. The zero-order valence-corrected chi connectivity index (χ0v) is 42.9. The second-order valence-electron chi connectivity index (χ2n) is 17.0. The molecule has 6 rings (SSSR count). The summed E-state index contributed by atoms with van der Waals surface area (Å²) >= 11 is 0. The number of nitrogens with one attached hydrogen (secondary N) is 2. The summed E-state index contributed by atoms with van der Waals surface area (Å²) in [5, 5.41) is 15.0. The lowest BCUT2D eigenvalue weighted by atomic mass is 10.1. The molecule has 2 saturated heterocycles. The van der Waals surface area contributed by atoms with Crippen LogP contribution in [0.3, 0.4) is 0 Å². The van der Waals surface area contributed by atoms with E-state index in [1.807, 2.05) is 0 Å². The monoisotopic (exact) mass is 1110 g/mol. The predicted octanol–water partition coefficient (Wildman–Crippen LogP) is 4.28. The van der Waals surface area contributed by atoms with Gasteiger partial charge in [0.2, 0.25) is 12.5 Å². The Morgan fingerprint density at radius 1 is 0.680 bits per heavy atom. The number of hydrogen-bond acceptors (Lipinski definition) is 21. The average molecular weight is 1110 g/mol. The average Bonchev–Trinajstić information content (AvgIpc) is 3.69. The number of carbonyl (C=O) groups excluding carboxylic acids is 3. The number of halogens is 4. The molecule has 0 radical (unpaired) electrons. The standard InChI is InChI=1S/C23H29F2N4O9P.C21H27F2N4O8P/c1-13(2)35-20(31)14(3)28-39(33,38-16-8-6-5-7-9-16)34-12-17-19(36-15(4)30)23(24,25)21(37-17)29-11-10-18(26)27-22(29)32;1-12(2)33-18(29)13(3)26-36(31,35-14-7-5-4-6-8-14)32-11-15-17(28)21(22,23)19(34-15)27-10-9-16(24)25-20(27)30/h5-11,13-14,17,19,21H,12H2,1-4H3,(H,28,33)(H2,26,27,32);4-10,12-13,15,17,19,28H,11H2,1-3H3,(H,26,31)(H2,24,25,30)/t14-,17+,19+,21+,39?;13-,15+,17+,19+,36?/m00/s1. The van der Waals surface area contributed by atoms with E-state index in [-0.39, 0.29) is 23.1 Å². The van der Waals surface area contributed by atoms with Crippen molar-refractivity contribution in [1.29, 1.82) is 0 Å². The van der Waals surface area contributed by atoms with Gasteiger partial charge in [-0.2, -0.15) is 37.7 Å². The van der Waals surface area contributed by atoms with Crippen molar-refractivity contribution in [3.63, 3.8) is 0 Å². The fourth-order valence-corrected chi connectivity index (χ4v) is 9.76. The number of ether oxygens (including phenoxy) is 5. The highest BCUT2D eigenvalue weighted by Crippen LogP contribution is 2.50. The smallest absolute Gasteiger partial charge is 0.459 e. The van der Waals surface area contributed by atoms with Crippen LogP contribution >= 0.6 is 15.5 Å². The van der Waals surface area contributed by atoms with E-state index in [9.17, 15) is 47.0 Å². The number of para-hydroxylation sites is 2. The van der Waals surface area contributed by atoms with E-state index < -0.39 is 131 Å².